The van der Waals surface area contributed by atoms with E-state index in [1.54, 1.807) is 7.11 Å². The van der Waals surface area contributed by atoms with Gasteiger partial charge in [-0.05, 0) is 42.0 Å². The van der Waals surface area contributed by atoms with Gasteiger partial charge in [-0.2, -0.15) is 0 Å². The van der Waals surface area contributed by atoms with E-state index in [1.807, 2.05) is 60.7 Å². The molecule has 0 bridgehead atoms. The van der Waals surface area contributed by atoms with Crippen molar-refractivity contribution in [2.24, 2.45) is 0 Å². The first-order chi connectivity index (χ1) is 12.7. The van der Waals surface area contributed by atoms with Crippen LogP contribution in [0.25, 0.3) is 22.3 Å². The van der Waals surface area contributed by atoms with Crippen LogP contribution < -0.4 is 4.74 Å². The second-order valence-electron chi connectivity index (χ2n) is 6.04. The standard InChI is InChI=1S/C22H17ClN2O/c1-26-18-11-9-15(10-12-18)13-21-22(16-5-4-6-17(23)14-16)25-20-8-3-2-7-19(20)24-21/h2-12,14H,13H2,1H3. The maximum atomic E-state index is 6.20. The topological polar surface area (TPSA) is 35.0 Å². The van der Waals surface area contributed by atoms with Gasteiger partial charge in [0.25, 0.3) is 0 Å². The molecule has 0 N–H and O–H groups in total. The van der Waals surface area contributed by atoms with Crippen LogP contribution in [-0.2, 0) is 6.42 Å². The summed E-state index contributed by atoms with van der Waals surface area (Å²) in [5, 5.41) is 0.688. The third-order valence-electron chi connectivity index (χ3n) is 4.27. The maximum Gasteiger partial charge on any atom is 0.118 e. The number of benzene rings is 3. The number of methoxy groups -OCH3 is 1. The normalized spacial score (nSPS) is 10.8. The highest BCUT2D eigenvalue weighted by atomic mass is 35.5. The largest absolute Gasteiger partial charge is 0.497 e. The van der Waals surface area contributed by atoms with Gasteiger partial charge in [0, 0.05) is 17.0 Å². The minimum absolute atomic E-state index is 0.684. The van der Waals surface area contributed by atoms with Gasteiger partial charge in [-0.1, -0.05) is 48.0 Å². The Hall–Kier alpha value is -2.91. The Morgan fingerprint density at radius 3 is 2.27 bits per heavy atom. The van der Waals surface area contributed by atoms with Crippen LogP contribution in [0.2, 0.25) is 5.02 Å². The summed E-state index contributed by atoms with van der Waals surface area (Å²) < 4.78 is 5.24. The number of para-hydroxylation sites is 2. The molecular formula is C22H17ClN2O. The van der Waals surface area contributed by atoms with Crippen molar-refractivity contribution in [2.45, 2.75) is 6.42 Å². The molecule has 3 aromatic carbocycles. The fourth-order valence-electron chi connectivity index (χ4n) is 2.96. The van der Waals surface area contributed by atoms with Crippen molar-refractivity contribution in [2.75, 3.05) is 7.11 Å². The highest BCUT2D eigenvalue weighted by Gasteiger charge is 2.12. The lowest BCUT2D eigenvalue weighted by molar-refractivity contribution is 0.414. The van der Waals surface area contributed by atoms with Gasteiger partial charge in [-0.15, -0.1) is 0 Å². The van der Waals surface area contributed by atoms with E-state index in [4.69, 9.17) is 26.3 Å². The molecule has 0 radical (unpaired) electrons. The van der Waals surface area contributed by atoms with Crippen LogP contribution in [0, 0.1) is 0 Å². The summed E-state index contributed by atoms with van der Waals surface area (Å²) in [5.74, 6) is 0.841. The third kappa shape index (κ3) is 3.39. The van der Waals surface area contributed by atoms with Crippen LogP contribution in [0.3, 0.4) is 0 Å². The molecule has 0 saturated carbocycles. The zero-order chi connectivity index (χ0) is 17.9. The summed E-state index contributed by atoms with van der Waals surface area (Å²) in [5.41, 5.74) is 5.68. The van der Waals surface area contributed by atoms with E-state index in [0.717, 1.165) is 39.3 Å². The molecule has 26 heavy (non-hydrogen) atoms. The van der Waals surface area contributed by atoms with Gasteiger partial charge < -0.3 is 4.74 Å². The quantitative estimate of drug-likeness (QED) is 0.478. The van der Waals surface area contributed by atoms with E-state index in [9.17, 15) is 0 Å². The molecule has 128 valence electrons. The number of hydrogen-bond acceptors (Lipinski definition) is 3. The van der Waals surface area contributed by atoms with Crippen LogP contribution >= 0.6 is 11.6 Å². The van der Waals surface area contributed by atoms with Crippen molar-refractivity contribution in [1.29, 1.82) is 0 Å². The number of nitrogens with zero attached hydrogens (tertiary/aromatic N) is 2. The minimum atomic E-state index is 0.684. The molecular weight excluding hydrogens is 344 g/mol. The van der Waals surface area contributed by atoms with Gasteiger partial charge in [0.1, 0.15) is 5.75 Å². The van der Waals surface area contributed by atoms with Crippen LogP contribution in [0.15, 0.2) is 72.8 Å². The molecule has 0 aliphatic rings. The molecule has 0 fully saturated rings. The van der Waals surface area contributed by atoms with Crippen LogP contribution in [-0.4, -0.2) is 17.1 Å². The molecule has 4 aromatic rings. The Bertz CT molecular complexity index is 1060. The lowest BCUT2D eigenvalue weighted by atomic mass is 10.0. The first-order valence-corrected chi connectivity index (χ1v) is 8.75. The number of ether oxygens (including phenoxy) is 1. The first kappa shape index (κ1) is 16.6. The predicted octanol–water partition coefficient (Wildman–Crippen LogP) is 5.55. The van der Waals surface area contributed by atoms with Gasteiger partial charge >= 0.3 is 0 Å². The minimum Gasteiger partial charge on any atom is -0.497 e. The lowest BCUT2D eigenvalue weighted by Crippen LogP contribution is -2.00. The molecule has 1 heterocycles. The summed E-state index contributed by atoms with van der Waals surface area (Å²) in [7, 11) is 1.67. The molecule has 0 atom stereocenters. The van der Waals surface area contributed by atoms with Crippen molar-refractivity contribution in [3.8, 4) is 17.0 Å². The Morgan fingerprint density at radius 1 is 0.846 bits per heavy atom. The molecule has 0 amide bonds. The van der Waals surface area contributed by atoms with E-state index >= 15 is 0 Å². The highest BCUT2D eigenvalue weighted by Crippen LogP contribution is 2.27. The predicted molar refractivity (Wildman–Crippen MR) is 106 cm³/mol. The van der Waals surface area contributed by atoms with Crippen molar-refractivity contribution in [3.63, 3.8) is 0 Å². The summed E-state index contributed by atoms with van der Waals surface area (Å²) in [6.07, 6.45) is 0.684. The van der Waals surface area contributed by atoms with Crippen molar-refractivity contribution < 1.29 is 4.74 Å². The van der Waals surface area contributed by atoms with E-state index in [2.05, 4.69) is 12.1 Å². The summed E-state index contributed by atoms with van der Waals surface area (Å²) >= 11 is 6.20. The van der Waals surface area contributed by atoms with Crippen molar-refractivity contribution >= 4 is 22.6 Å². The monoisotopic (exact) mass is 360 g/mol. The average molecular weight is 361 g/mol. The number of aromatic nitrogens is 2. The van der Waals surface area contributed by atoms with Crippen LogP contribution in [0.4, 0.5) is 0 Å². The van der Waals surface area contributed by atoms with Gasteiger partial charge in [0.15, 0.2) is 0 Å². The number of halogens is 1. The maximum absolute atomic E-state index is 6.20. The van der Waals surface area contributed by atoms with E-state index < -0.39 is 0 Å². The fourth-order valence-corrected chi connectivity index (χ4v) is 3.15. The summed E-state index contributed by atoms with van der Waals surface area (Å²) in [6, 6.07) is 23.7. The fraction of sp³-hybridized carbons (Fsp3) is 0.0909. The van der Waals surface area contributed by atoms with Crippen molar-refractivity contribution in [3.05, 3.63) is 89.1 Å². The zero-order valence-electron chi connectivity index (χ0n) is 14.3. The Morgan fingerprint density at radius 2 is 1.58 bits per heavy atom. The highest BCUT2D eigenvalue weighted by molar-refractivity contribution is 6.30. The van der Waals surface area contributed by atoms with E-state index in [1.165, 1.54) is 0 Å². The van der Waals surface area contributed by atoms with Gasteiger partial charge in [0.2, 0.25) is 0 Å². The van der Waals surface area contributed by atoms with Crippen LogP contribution in [0.1, 0.15) is 11.3 Å². The van der Waals surface area contributed by atoms with Crippen LogP contribution in [0.5, 0.6) is 5.75 Å². The smallest absolute Gasteiger partial charge is 0.118 e. The first-order valence-electron chi connectivity index (χ1n) is 8.37. The van der Waals surface area contributed by atoms with E-state index in [0.29, 0.717) is 11.4 Å². The second kappa shape index (κ2) is 7.14. The molecule has 4 heteroatoms. The van der Waals surface area contributed by atoms with Gasteiger partial charge in [-0.25, -0.2) is 9.97 Å². The van der Waals surface area contributed by atoms with E-state index in [-0.39, 0.29) is 0 Å². The molecule has 0 spiro atoms. The molecule has 3 nitrogen and oxygen atoms in total. The third-order valence-corrected chi connectivity index (χ3v) is 4.51. The molecule has 0 unspecified atom stereocenters. The zero-order valence-corrected chi connectivity index (χ0v) is 15.1. The van der Waals surface area contributed by atoms with Crippen molar-refractivity contribution in [1.82, 2.24) is 9.97 Å². The summed E-state index contributed by atoms with van der Waals surface area (Å²) in [6.45, 7) is 0. The number of fused-ring (bicyclic) bond motifs is 1. The average Bonchev–Trinajstić information content (AvgIpc) is 2.68. The van der Waals surface area contributed by atoms with Gasteiger partial charge in [-0.3, -0.25) is 0 Å². The second-order valence-corrected chi connectivity index (χ2v) is 6.48. The Kier molecular flexibility index (Phi) is 4.55. The SMILES string of the molecule is COc1ccc(Cc2nc3ccccc3nc2-c2cccc(Cl)c2)cc1. The number of rotatable bonds is 4. The Labute approximate surface area is 157 Å². The number of hydrogen-bond donors (Lipinski definition) is 0. The summed E-state index contributed by atoms with van der Waals surface area (Å²) in [4.78, 5) is 9.75. The molecule has 4 rings (SSSR count). The lowest BCUT2D eigenvalue weighted by Gasteiger charge is -2.11. The molecule has 0 aliphatic carbocycles. The molecule has 1 aromatic heterocycles. The Balaban J connectivity index is 1.83. The molecule has 0 aliphatic heterocycles. The van der Waals surface area contributed by atoms with Gasteiger partial charge in [0.05, 0.1) is 29.5 Å². The molecule has 0 saturated heterocycles.